The molecule has 0 aliphatic heterocycles. The fraction of sp³-hybridized carbons (Fsp3) is 0.400. The fourth-order valence-corrected chi connectivity index (χ4v) is 2.68. The van der Waals surface area contributed by atoms with Gasteiger partial charge in [0.15, 0.2) is 0 Å². The molecule has 1 N–H and O–H groups in total. The molecule has 18 heavy (non-hydrogen) atoms. The first-order chi connectivity index (χ1) is 8.34. The molecule has 6 nitrogen and oxygen atoms in total. The maximum atomic E-state index is 11.7. The quantitative estimate of drug-likeness (QED) is 0.783. The molecule has 0 aliphatic carbocycles. The fourth-order valence-electron chi connectivity index (χ4n) is 1.06. The molecule has 0 aliphatic rings. The minimum absolute atomic E-state index is 0.0457. The van der Waals surface area contributed by atoms with Crippen LogP contribution in [0.15, 0.2) is 28.3 Å². The minimum Gasteiger partial charge on any atom is -0.481 e. The van der Waals surface area contributed by atoms with Crippen LogP contribution in [0.4, 0.5) is 0 Å². The predicted octanol–water partition coefficient (Wildman–Crippen LogP) is 0.899. The normalized spacial score (nSPS) is 11.7. The van der Waals surface area contributed by atoms with E-state index < -0.39 is 16.0 Å². The number of aliphatic carboxylic acids is 1. The van der Waals surface area contributed by atoms with Crippen LogP contribution in [0, 0.1) is 0 Å². The van der Waals surface area contributed by atoms with Gasteiger partial charge in [0.25, 0.3) is 0 Å². The molecule has 0 radical (unpaired) electrons. The van der Waals surface area contributed by atoms with E-state index in [-0.39, 0.29) is 11.3 Å². The van der Waals surface area contributed by atoms with E-state index in [0.29, 0.717) is 10.8 Å². The second-order valence-electron chi connectivity index (χ2n) is 3.61. The molecule has 0 saturated heterocycles. The summed E-state index contributed by atoms with van der Waals surface area (Å²) in [4.78, 5) is 14.4. The van der Waals surface area contributed by atoms with Gasteiger partial charge >= 0.3 is 5.97 Å². The summed E-state index contributed by atoms with van der Waals surface area (Å²) >= 11 is 1.28. The smallest absolute Gasteiger partial charge is 0.304 e. The minimum atomic E-state index is -3.46. The van der Waals surface area contributed by atoms with Gasteiger partial charge in [0.1, 0.15) is 4.90 Å². The number of thioether (sulfide) groups is 1. The molecule has 1 aromatic heterocycles. The summed E-state index contributed by atoms with van der Waals surface area (Å²) in [5.74, 6) is -0.462. The first kappa shape index (κ1) is 14.9. The predicted molar refractivity (Wildman–Crippen MR) is 68.1 cm³/mol. The zero-order chi connectivity index (χ0) is 13.8. The molecule has 0 unspecified atom stereocenters. The summed E-state index contributed by atoms with van der Waals surface area (Å²) in [5.41, 5.74) is 0. The van der Waals surface area contributed by atoms with Crippen molar-refractivity contribution in [1.29, 1.82) is 0 Å². The number of pyridine rings is 1. The lowest BCUT2D eigenvalue weighted by molar-refractivity contribution is -0.136. The van der Waals surface area contributed by atoms with Crippen LogP contribution < -0.4 is 0 Å². The van der Waals surface area contributed by atoms with Gasteiger partial charge in [-0.25, -0.2) is 17.7 Å². The van der Waals surface area contributed by atoms with E-state index in [4.69, 9.17) is 5.11 Å². The van der Waals surface area contributed by atoms with Crippen molar-refractivity contribution in [1.82, 2.24) is 9.29 Å². The molecule has 0 aromatic carbocycles. The number of nitrogens with zero attached hydrogens (tertiary/aromatic N) is 2. The number of carboxylic acid groups (broad SMARTS) is 1. The van der Waals surface area contributed by atoms with Crippen molar-refractivity contribution in [3.05, 3.63) is 18.3 Å². The van der Waals surface area contributed by atoms with Crippen molar-refractivity contribution in [3.63, 3.8) is 0 Å². The number of aromatic nitrogens is 1. The Labute approximate surface area is 110 Å². The molecule has 0 bridgehead atoms. The van der Waals surface area contributed by atoms with Crippen molar-refractivity contribution in [2.45, 2.75) is 16.3 Å². The van der Waals surface area contributed by atoms with Gasteiger partial charge in [0.2, 0.25) is 10.0 Å². The number of carboxylic acids is 1. The van der Waals surface area contributed by atoms with Crippen LogP contribution in [0.3, 0.4) is 0 Å². The summed E-state index contributed by atoms with van der Waals surface area (Å²) in [5, 5.41) is 9.09. The van der Waals surface area contributed by atoms with Crippen LogP contribution in [0.1, 0.15) is 6.42 Å². The van der Waals surface area contributed by atoms with Crippen LogP contribution in [0.5, 0.6) is 0 Å². The number of rotatable bonds is 6. The van der Waals surface area contributed by atoms with Crippen LogP contribution in [0.25, 0.3) is 0 Å². The van der Waals surface area contributed by atoms with E-state index >= 15 is 0 Å². The van der Waals surface area contributed by atoms with E-state index in [1.165, 1.54) is 38.1 Å². The highest BCUT2D eigenvalue weighted by atomic mass is 32.2. The first-order valence-corrected chi connectivity index (χ1v) is 7.50. The number of hydrogen-bond acceptors (Lipinski definition) is 5. The third-order valence-electron chi connectivity index (χ3n) is 2.05. The largest absolute Gasteiger partial charge is 0.481 e. The lowest BCUT2D eigenvalue weighted by atomic mass is 10.5. The molecule has 100 valence electrons. The van der Waals surface area contributed by atoms with Gasteiger partial charge in [-0.2, -0.15) is 0 Å². The van der Waals surface area contributed by atoms with E-state index in [1.807, 2.05) is 0 Å². The highest BCUT2D eigenvalue weighted by Crippen LogP contribution is 2.19. The van der Waals surface area contributed by atoms with Crippen LogP contribution in [-0.2, 0) is 14.8 Å². The molecule has 1 heterocycles. The first-order valence-electron chi connectivity index (χ1n) is 5.07. The SMILES string of the molecule is CN(C)S(=O)(=O)c1ccc(SCCC(=O)O)nc1. The van der Waals surface area contributed by atoms with Gasteiger partial charge in [0.05, 0.1) is 11.4 Å². The van der Waals surface area contributed by atoms with Crippen molar-refractivity contribution < 1.29 is 18.3 Å². The average Bonchev–Trinajstić information content (AvgIpc) is 2.29. The van der Waals surface area contributed by atoms with Gasteiger partial charge < -0.3 is 5.11 Å². The monoisotopic (exact) mass is 290 g/mol. The molecule has 0 amide bonds. The van der Waals surface area contributed by atoms with Crippen molar-refractivity contribution in [3.8, 4) is 0 Å². The highest BCUT2D eigenvalue weighted by molar-refractivity contribution is 7.99. The maximum Gasteiger partial charge on any atom is 0.304 e. The van der Waals surface area contributed by atoms with Crippen molar-refractivity contribution in [2.24, 2.45) is 0 Å². The Balaban J connectivity index is 2.72. The lowest BCUT2D eigenvalue weighted by Crippen LogP contribution is -2.22. The third-order valence-corrected chi connectivity index (χ3v) is 4.80. The number of hydrogen-bond donors (Lipinski definition) is 1. The second kappa shape index (κ2) is 6.17. The third kappa shape index (κ3) is 3.97. The molecular formula is C10H14N2O4S2. The van der Waals surface area contributed by atoms with Gasteiger partial charge in [-0.3, -0.25) is 4.79 Å². The number of carbonyl (C=O) groups is 1. The topological polar surface area (TPSA) is 87.6 Å². The van der Waals surface area contributed by atoms with E-state index in [0.717, 1.165) is 4.31 Å². The zero-order valence-corrected chi connectivity index (χ0v) is 11.7. The average molecular weight is 290 g/mol. The Morgan fingerprint density at radius 3 is 2.56 bits per heavy atom. The van der Waals surface area contributed by atoms with E-state index in [1.54, 1.807) is 6.07 Å². The molecule has 0 spiro atoms. The van der Waals surface area contributed by atoms with Crippen molar-refractivity contribution >= 4 is 27.8 Å². The zero-order valence-electron chi connectivity index (χ0n) is 10.0. The lowest BCUT2D eigenvalue weighted by Gasteiger charge is -2.10. The maximum absolute atomic E-state index is 11.7. The molecule has 1 aromatic rings. The van der Waals surface area contributed by atoms with E-state index in [2.05, 4.69) is 4.98 Å². The summed E-state index contributed by atoms with van der Waals surface area (Å²) in [6, 6.07) is 3.04. The molecular weight excluding hydrogens is 276 g/mol. The Kier molecular flexibility index (Phi) is 5.12. The molecule has 1 rings (SSSR count). The summed E-state index contributed by atoms with van der Waals surface area (Å²) in [6.07, 6.45) is 1.32. The highest BCUT2D eigenvalue weighted by Gasteiger charge is 2.17. The summed E-state index contributed by atoms with van der Waals surface area (Å²) in [7, 11) is -0.562. The van der Waals surface area contributed by atoms with Crippen LogP contribution in [0.2, 0.25) is 0 Å². The van der Waals surface area contributed by atoms with Crippen LogP contribution >= 0.6 is 11.8 Å². The standard InChI is InChI=1S/C10H14N2O4S2/c1-12(2)18(15,16)8-3-4-9(11-7-8)17-6-5-10(13)14/h3-4,7H,5-6H2,1-2H3,(H,13,14). The van der Waals surface area contributed by atoms with E-state index in [9.17, 15) is 13.2 Å². The van der Waals surface area contributed by atoms with Crippen molar-refractivity contribution in [2.75, 3.05) is 19.8 Å². The van der Waals surface area contributed by atoms with Gasteiger partial charge in [0, 0.05) is 26.0 Å². The van der Waals surface area contributed by atoms with Gasteiger partial charge in [-0.05, 0) is 12.1 Å². The number of sulfonamides is 1. The Morgan fingerprint density at radius 1 is 1.44 bits per heavy atom. The molecule has 0 saturated carbocycles. The Morgan fingerprint density at radius 2 is 2.11 bits per heavy atom. The second-order valence-corrected chi connectivity index (χ2v) is 6.88. The molecule has 8 heteroatoms. The van der Waals surface area contributed by atoms with Crippen LogP contribution in [-0.4, -0.2) is 48.6 Å². The molecule has 0 atom stereocenters. The summed E-state index contributed by atoms with van der Waals surface area (Å²) < 4.78 is 24.6. The Hall–Kier alpha value is -1.12. The van der Waals surface area contributed by atoms with Gasteiger partial charge in [-0.15, -0.1) is 11.8 Å². The Bertz CT molecular complexity index is 511. The summed E-state index contributed by atoms with van der Waals surface area (Å²) in [6.45, 7) is 0. The van der Waals surface area contributed by atoms with Gasteiger partial charge in [-0.1, -0.05) is 0 Å². The molecule has 0 fully saturated rings.